The Morgan fingerprint density at radius 1 is 0.800 bits per heavy atom. The molecule has 0 aromatic heterocycles. The van der Waals surface area contributed by atoms with Gasteiger partial charge in [-0.05, 0) is 115 Å². The highest BCUT2D eigenvalue weighted by molar-refractivity contribution is 7.89. The topological polar surface area (TPSA) is 76.7 Å². The summed E-state index contributed by atoms with van der Waals surface area (Å²) in [7, 11) is -7.97. The van der Waals surface area contributed by atoms with Gasteiger partial charge in [0.2, 0.25) is 0 Å². The lowest BCUT2D eigenvalue weighted by Gasteiger charge is -2.59. The Morgan fingerprint density at radius 3 is 1.85 bits per heavy atom. The molecule has 0 radical (unpaired) electrons. The van der Waals surface area contributed by atoms with Crippen LogP contribution < -0.4 is 10.3 Å². The lowest BCUT2D eigenvalue weighted by atomic mass is 9.50. The number of nitrogens with one attached hydrogen (secondary N) is 2. The number of benzene rings is 1. The summed E-state index contributed by atoms with van der Waals surface area (Å²) in [6.45, 7) is 41.2. The van der Waals surface area contributed by atoms with E-state index in [1.165, 1.54) is 16.7 Å². The number of hydrogen-bond acceptors (Lipinski definition) is 5. The summed E-state index contributed by atoms with van der Waals surface area (Å²) in [5.41, 5.74) is 9.98. The minimum atomic E-state index is -3.87. The summed E-state index contributed by atoms with van der Waals surface area (Å²) in [6.07, 6.45) is 12.2. The predicted octanol–water partition coefficient (Wildman–Crippen LogP) is 12.6. The molecule has 5 rings (SSSR count). The van der Waals surface area contributed by atoms with Crippen LogP contribution in [0.1, 0.15) is 163 Å². The van der Waals surface area contributed by atoms with Crippen LogP contribution in [0.2, 0.25) is 36.3 Å². The molecule has 4 aliphatic rings. The highest BCUT2D eigenvalue weighted by Crippen LogP contribution is 2.64. The molecular weight excluding hydrogens is 733 g/mol. The molecule has 0 spiro atoms. The monoisotopic (exact) mass is 811 g/mol. The van der Waals surface area contributed by atoms with Crippen LogP contribution in [-0.2, 0) is 18.9 Å². The Kier molecular flexibility index (Phi) is 12.1. The van der Waals surface area contributed by atoms with Gasteiger partial charge in [0.1, 0.15) is 0 Å². The quantitative estimate of drug-likeness (QED) is 0.172. The molecule has 2 fully saturated rings. The first-order chi connectivity index (χ1) is 25.0. The Labute approximate surface area is 339 Å². The molecule has 1 aromatic rings. The first kappa shape index (κ1) is 44.6. The highest BCUT2D eigenvalue weighted by atomic mass is 32.2. The molecule has 6 nitrogen and oxygen atoms in total. The summed E-state index contributed by atoms with van der Waals surface area (Å²) in [6, 6.07) is 4.21. The molecule has 0 bridgehead atoms. The number of fused-ring (bicyclic) bond motifs is 5. The third-order valence-corrected chi connectivity index (χ3v) is 25.8. The van der Waals surface area contributed by atoms with Crippen molar-refractivity contribution in [3.05, 3.63) is 63.9 Å². The van der Waals surface area contributed by atoms with E-state index >= 15 is 0 Å². The largest absolute Gasteiger partial charge is 0.414 e. The van der Waals surface area contributed by atoms with Gasteiger partial charge in [-0.25, -0.2) is 8.42 Å². The predicted molar refractivity (Wildman–Crippen MR) is 237 cm³/mol. The number of allylic oxidation sites excluding steroid dienone is 5. The molecule has 0 unspecified atom stereocenters. The van der Waals surface area contributed by atoms with Gasteiger partial charge in [-0.2, -0.15) is 0 Å². The van der Waals surface area contributed by atoms with Gasteiger partial charge in [0.15, 0.2) is 16.6 Å². The molecule has 4 aliphatic carbocycles. The van der Waals surface area contributed by atoms with Crippen LogP contribution in [0.25, 0.3) is 0 Å². The summed E-state index contributed by atoms with van der Waals surface area (Å²) < 4.78 is 43.5. The summed E-state index contributed by atoms with van der Waals surface area (Å²) >= 11 is 0. The van der Waals surface area contributed by atoms with Crippen LogP contribution in [0.4, 0.5) is 0 Å². The standard InChI is InChI=1S/C46H78N2O4SSi2/c1-29(2)32-25-36(30(3)4)42(37(26-32)31(5)6)53(49,50)48-47-40-22-21-38-35-20-19-33-27-34(51-54(15,16)43(7,8)9)28-41(52-55(17,18)44(10,11)12)46(33,14)39(35)23-24-45(38,40)13/h19-20,22,25-26,29-31,34,38-39,41,47-48H,21,23-24,27-28H2,1-18H3/t34-,38+,39+,41+,45+,46+/m1/s1. The van der Waals surface area contributed by atoms with E-state index in [1.54, 1.807) is 0 Å². The highest BCUT2D eigenvalue weighted by Gasteiger charge is 2.59. The molecule has 0 amide bonds. The Hall–Kier alpha value is -1.50. The number of sulfonamides is 1. The van der Waals surface area contributed by atoms with Crippen LogP contribution >= 0.6 is 0 Å². The van der Waals surface area contributed by atoms with Crippen LogP contribution in [0.15, 0.2) is 52.1 Å². The molecule has 9 heteroatoms. The van der Waals surface area contributed by atoms with Crippen LogP contribution in [-0.4, -0.2) is 37.3 Å². The maximum Gasteiger partial charge on any atom is 0.257 e. The molecule has 0 aliphatic heterocycles. The van der Waals surface area contributed by atoms with E-state index in [1.807, 2.05) is 0 Å². The molecule has 0 heterocycles. The van der Waals surface area contributed by atoms with Gasteiger partial charge in [0.05, 0.1) is 17.1 Å². The van der Waals surface area contributed by atoms with Gasteiger partial charge in [-0.15, -0.1) is 4.83 Å². The van der Waals surface area contributed by atoms with Crippen molar-refractivity contribution in [2.24, 2.45) is 22.7 Å². The average molecular weight is 811 g/mol. The van der Waals surface area contributed by atoms with Gasteiger partial charge in [0.25, 0.3) is 10.0 Å². The van der Waals surface area contributed by atoms with E-state index in [2.05, 4.69) is 164 Å². The van der Waals surface area contributed by atoms with E-state index in [9.17, 15) is 8.42 Å². The second kappa shape index (κ2) is 15.0. The zero-order valence-corrected chi connectivity index (χ0v) is 40.8. The zero-order chi connectivity index (χ0) is 41.5. The maximum absolute atomic E-state index is 14.4. The van der Waals surface area contributed by atoms with Crippen molar-refractivity contribution in [3.8, 4) is 0 Å². The lowest BCUT2D eigenvalue weighted by molar-refractivity contribution is -0.0388. The van der Waals surface area contributed by atoms with Gasteiger partial charge in [0, 0.05) is 16.5 Å². The van der Waals surface area contributed by atoms with E-state index in [0.29, 0.717) is 22.6 Å². The summed E-state index contributed by atoms with van der Waals surface area (Å²) in [5.74, 6) is 1.13. The van der Waals surface area contributed by atoms with Crippen molar-refractivity contribution in [1.29, 1.82) is 0 Å². The van der Waals surface area contributed by atoms with Crippen LogP contribution in [0.5, 0.6) is 0 Å². The molecule has 6 atom stereocenters. The fourth-order valence-corrected chi connectivity index (χ4v) is 13.9. The van der Waals surface area contributed by atoms with Gasteiger partial charge < -0.3 is 14.3 Å². The zero-order valence-electron chi connectivity index (χ0n) is 38.0. The molecule has 2 saturated carbocycles. The fraction of sp³-hybridized carbons (Fsp3) is 0.739. The Balaban J connectivity index is 1.46. The van der Waals surface area contributed by atoms with Gasteiger partial charge >= 0.3 is 0 Å². The van der Waals surface area contributed by atoms with E-state index in [-0.39, 0.29) is 45.0 Å². The number of rotatable bonds is 11. The Bertz CT molecular complexity index is 1800. The van der Waals surface area contributed by atoms with Crippen molar-refractivity contribution in [2.45, 2.75) is 200 Å². The second-order valence-corrected chi connectivity index (χ2v) is 33.2. The number of hydrogen-bond donors (Lipinski definition) is 2. The van der Waals surface area contributed by atoms with Crippen molar-refractivity contribution in [1.82, 2.24) is 10.3 Å². The number of hydrazine groups is 1. The second-order valence-electron chi connectivity index (χ2n) is 22.1. The minimum Gasteiger partial charge on any atom is -0.414 e. The third-order valence-electron chi connectivity index (χ3n) is 15.4. The normalized spacial score (nSPS) is 29.1. The van der Waals surface area contributed by atoms with Crippen LogP contribution in [0, 0.1) is 22.7 Å². The van der Waals surface area contributed by atoms with E-state index in [4.69, 9.17) is 8.85 Å². The average Bonchev–Trinajstić information content (AvgIpc) is 3.38. The molecule has 55 heavy (non-hydrogen) atoms. The SMILES string of the molecule is CC(C)c1cc(C(C)C)c(S(=O)(=O)NNC2=CC[C@H]3C4=CC=C5C[C@@H](O[Si](C)(C)C(C)(C)C)C[C@H](O[Si](C)(C)C(C)(C)C)[C@]5(C)[C@H]4CC[C@]23C)c(C(C)C)c1. The van der Waals surface area contributed by atoms with Gasteiger partial charge in [-0.1, -0.05) is 138 Å². The van der Waals surface area contributed by atoms with Crippen molar-refractivity contribution in [3.63, 3.8) is 0 Å². The summed E-state index contributed by atoms with van der Waals surface area (Å²) in [5, 5.41) is 0.247. The fourth-order valence-electron chi connectivity index (χ4n) is 9.55. The summed E-state index contributed by atoms with van der Waals surface area (Å²) in [4.78, 5) is 3.35. The van der Waals surface area contributed by atoms with E-state index < -0.39 is 26.7 Å². The molecule has 1 aromatic carbocycles. The van der Waals surface area contributed by atoms with Crippen molar-refractivity contribution < 1.29 is 17.3 Å². The molecule has 0 saturated heterocycles. The smallest absolute Gasteiger partial charge is 0.257 e. The van der Waals surface area contributed by atoms with Crippen molar-refractivity contribution in [2.75, 3.05) is 0 Å². The first-order valence-corrected chi connectivity index (χ1v) is 28.7. The Morgan fingerprint density at radius 2 is 1.35 bits per heavy atom. The molecule has 2 N–H and O–H groups in total. The van der Waals surface area contributed by atoms with Crippen LogP contribution in [0.3, 0.4) is 0 Å². The van der Waals surface area contributed by atoms with Crippen molar-refractivity contribution >= 4 is 26.7 Å². The van der Waals surface area contributed by atoms with Gasteiger partial charge in [-0.3, -0.25) is 0 Å². The third kappa shape index (κ3) is 8.11. The first-order valence-electron chi connectivity index (χ1n) is 21.4. The minimum absolute atomic E-state index is 0.0707. The molecular formula is C46H78N2O4SSi2. The maximum atomic E-state index is 14.4. The van der Waals surface area contributed by atoms with E-state index in [0.717, 1.165) is 48.9 Å². The molecule has 310 valence electrons. The lowest BCUT2D eigenvalue weighted by Crippen LogP contribution is -2.58.